The third kappa shape index (κ3) is 1.93. The normalized spacial score (nSPS) is 45.0. The van der Waals surface area contributed by atoms with Crippen molar-refractivity contribution < 1.29 is 4.39 Å². The Bertz CT molecular complexity index is 103. The van der Waals surface area contributed by atoms with Gasteiger partial charge in [0, 0.05) is 6.54 Å². The van der Waals surface area contributed by atoms with Crippen LogP contribution in [0.15, 0.2) is 0 Å². The number of halogens is 3. The van der Waals surface area contributed by atoms with Crippen molar-refractivity contribution >= 4 is 23.2 Å². The summed E-state index contributed by atoms with van der Waals surface area (Å²) in [6.07, 6.45) is -1.05. The molecule has 0 saturated carbocycles. The van der Waals surface area contributed by atoms with E-state index in [1.807, 2.05) is 0 Å². The van der Waals surface area contributed by atoms with E-state index in [4.69, 9.17) is 23.2 Å². The SMILES string of the molecule is FC1CNC(Cl)NC1Cl. The molecule has 1 aliphatic rings. The molecule has 0 aromatic carbocycles. The van der Waals surface area contributed by atoms with Crippen LogP contribution in [0.5, 0.6) is 0 Å². The highest BCUT2D eigenvalue weighted by molar-refractivity contribution is 6.23. The second-order valence-corrected chi connectivity index (χ2v) is 2.76. The highest BCUT2D eigenvalue weighted by Gasteiger charge is 2.25. The highest BCUT2D eigenvalue weighted by atomic mass is 35.5. The topological polar surface area (TPSA) is 24.1 Å². The Balaban J connectivity index is 2.35. The maximum Gasteiger partial charge on any atom is 0.142 e. The number of nitrogens with one attached hydrogen (secondary N) is 2. The van der Waals surface area contributed by atoms with Gasteiger partial charge in [0.25, 0.3) is 0 Å². The lowest BCUT2D eigenvalue weighted by molar-refractivity contribution is 0.236. The maximum absolute atomic E-state index is 12.4. The van der Waals surface area contributed by atoms with Crippen LogP contribution < -0.4 is 10.6 Å². The Kier molecular flexibility index (Phi) is 2.52. The molecule has 0 amide bonds. The first-order valence-electron chi connectivity index (χ1n) is 2.62. The molecule has 9 heavy (non-hydrogen) atoms. The van der Waals surface area contributed by atoms with E-state index in [9.17, 15) is 4.39 Å². The predicted molar refractivity (Wildman–Crippen MR) is 35.3 cm³/mol. The summed E-state index contributed by atoms with van der Waals surface area (Å²) in [6.45, 7) is 0.218. The molecule has 54 valence electrons. The van der Waals surface area contributed by atoms with Gasteiger partial charge in [0.1, 0.15) is 17.3 Å². The van der Waals surface area contributed by atoms with Crippen LogP contribution in [0.25, 0.3) is 0 Å². The van der Waals surface area contributed by atoms with Gasteiger partial charge in [-0.05, 0) is 0 Å². The molecule has 2 N–H and O–H groups in total. The standard InChI is InChI=1S/C4H7Cl2FN2/c5-3-2(7)1-8-4(6)9-3/h2-4,8-9H,1H2. The summed E-state index contributed by atoms with van der Waals surface area (Å²) in [5.74, 6) is 0. The van der Waals surface area contributed by atoms with Gasteiger partial charge < -0.3 is 0 Å². The van der Waals surface area contributed by atoms with Gasteiger partial charge in [-0.3, -0.25) is 10.6 Å². The fourth-order valence-corrected chi connectivity index (χ4v) is 1.13. The first-order chi connectivity index (χ1) is 4.20. The Morgan fingerprint density at radius 1 is 1.44 bits per heavy atom. The van der Waals surface area contributed by atoms with Crippen LogP contribution in [0.3, 0.4) is 0 Å². The summed E-state index contributed by atoms with van der Waals surface area (Å²) in [5, 5.41) is 5.23. The van der Waals surface area contributed by atoms with E-state index >= 15 is 0 Å². The molecule has 1 rings (SSSR count). The molecule has 0 aliphatic carbocycles. The summed E-state index contributed by atoms with van der Waals surface area (Å²) in [7, 11) is 0. The van der Waals surface area contributed by atoms with E-state index in [1.165, 1.54) is 0 Å². The number of rotatable bonds is 0. The first kappa shape index (κ1) is 7.54. The van der Waals surface area contributed by atoms with Gasteiger partial charge in [0.2, 0.25) is 0 Å². The van der Waals surface area contributed by atoms with Crippen LogP contribution >= 0.6 is 23.2 Å². The second-order valence-electron chi connectivity index (χ2n) is 1.86. The van der Waals surface area contributed by atoms with Crippen LogP contribution in [-0.2, 0) is 0 Å². The van der Waals surface area contributed by atoms with E-state index in [2.05, 4.69) is 10.6 Å². The fourth-order valence-electron chi connectivity index (χ4n) is 0.623. The molecular formula is C4H7Cl2FN2. The molecular weight excluding hydrogens is 166 g/mol. The Morgan fingerprint density at radius 3 is 2.56 bits per heavy atom. The molecule has 0 aromatic rings. The van der Waals surface area contributed by atoms with Gasteiger partial charge in [-0.1, -0.05) is 11.6 Å². The zero-order valence-corrected chi connectivity index (χ0v) is 6.08. The van der Waals surface area contributed by atoms with E-state index in [0.29, 0.717) is 0 Å². The molecule has 2 nitrogen and oxygen atoms in total. The first-order valence-corrected chi connectivity index (χ1v) is 3.49. The van der Waals surface area contributed by atoms with Crippen LogP contribution in [0.4, 0.5) is 4.39 Å². The van der Waals surface area contributed by atoms with Gasteiger partial charge in [-0.2, -0.15) is 0 Å². The quantitative estimate of drug-likeness (QED) is 0.414. The molecule has 0 aromatic heterocycles. The van der Waals surface area contributed by atoms with Crippen molar-refractivity contribution in [3.05, 3.63) is 0 Å². The molecule has 0 bridgehead atoms. The molecule has 1 fully saturated rings. The Morgan fingerprint density at radius 2 is 2.11 bits per heavy atom. The zero-order valence-electron chi connectivity index (χ0n) is 4.57. The average Bonchev–Trinajstić information content (AvgIpc) is 1.80. The second kappa shape index (κ2) is 3.01. The van der Waals surface area contributed by atoms with Crippen molar-refractivity contribution in [1.82, 2.24) is 10.6 Å². The Labute approximate surface area is 62.7 Å². The maximum atomic E-state index is 12.4. The summed E-state index contributed by atoms with van der Waals surface area (Å²) in [6, 6.07) is 0. The highest BCUT2D eigenvalue weighted by Crippen LogP contribution is 2.09. The predicted octanol–water partition coefficient (Wildman–Crippen LogP) is 0.605. The van der Waals surface area contributed by atoms with Gasteiger partial charge in [-0.25, -0.2) is 4.39 Å². The molecule has 0 radical (unpaired) electrons. The molecule has 1 heterocycles. The van der Waals surface area contributed by atoms with Crippen LogP contribution in [0, 0.1) is 0 Å². The van der Waals surface area contributed by atoms with E-state index in [1.54, 1.807) is 0 Å². The minimum Gasteiger partial charge on any atom is -0.286 e. The zero-order chi connectivity index (χ0) is 6.85. The molecule has 3 atom stereocenters. The average molecular weight is 173 g/mol. The van der Waals surface area contributed by atoms with Crippen LogP contribution in [0.2, 0.25) is 0 Å². The van der Waals surface area contributed by atoms with Gasteiger partial charge in [0.05, 0.1) is 0 Å². The minimum atomic E-state index is -1.05. The van der Waals surface area contributed by atoms with Crippen LogP contribution in [-0.4, -0.2) is 23.8 Å². The van der Waals surface area contributed by atoms with Crippen molar-refractivity contribution in [2.24, 2.45) is 0 Å². The van der Waals surface area contributed by atoms with Gasteiger partial charge in [-0.15, -0.1) is 11.6 Å². The number of hydrogen-bond acceptors (Lipinski definition) is 2. The van der Waals surface area contributed by atoms with Crippen molar-refractivity contribution in [3.63, 3.8) is 0 Å². The van der Waals surface area contributed by atoms with Crippen molar-refractivity contribution in [2.75, 3.05) is 6.54 Å². The molecule has 1 aliphatic heterocycles. The third-order valence-electron chi connectivity index (χ3n) is 1.12. The fraction of sp³-hybridized carbons (Fsp3) is 1.00. The monoisotopic (exact) mass is 172 g/mol. The summed E-state index contributed by atoms with van der Waals surface area (Å²) in [5.41, 5.74) is -1.06. The largest absolute Gasteiger partial charge is 0.286 e. The molecule has 3 unspecified atom stereocenters. The smallest absolute Gasteiger partial charge is 0.142 e. The summed E-state index contributed by atoms with van der Waals surface area (Å²) in [4.78, 5) is 0. The van der Waals surface area contributed by atoms with Gasteiger partial charge >= 0.3 is 0 Å². The van der Waals surface area contributed by atoms with Crippen molar-refractivity contribution in [1.29, 1.82) is 0 Å². The number of hydrogen-bond donors (Lipinski definition) is 2. The van der Waals surface area contributed by atoms with Crippen molar-refractivity contribution in [2.45, 2.75) is 17.3 Å². The van der Waals surface area contributed by atoms with E-state index < -0.39 is 17.3 Å². The third-order valence-corrected chi connectivity index (χ3v) is 1.79. The van der Waals surface area contributed by atoms with Gasteiger partial charge in [0.15, 0.2) is 0 Å². The number of alkyl halides is 3. The molecule has 0 spiro atoms. The minimum absolute atomic E-state index is 0.218. The lowest BCUT2D eigenvalue weighted by Crippen LogP contribution is -2.54. The lowest BCUT2D eigenvalue weighted by atomic mass is 10.3. The lowest BCUT2D eigenvalue weighted by Gasteiger charge is -2.26. The summed E-state index contributed by atoms with van der Waals surface area (Å²) >= 11 is 11.0. The van der Waals surface area contributed by atoms with Crippen LogP contribution in [0.1, 0.15) is 0 Å². The van der Waals surface area contributed by atoms with E-state index in [-0.39, 0.29) is 6.54 Å². The molecule has 5 heteroatoms. The van der Waals surface area contributed by atoms with Crippen molar-refractivity contribution in [3.8, 4) is 0 Å². The van der Waals surface area contributed by atoms with E-state index in [0.717, 1.165) is 0 Å². The Hall–Kier alpha value is 0.430. The summed E-state index contributed by atoms with van der Waals surface area (Å²) < 4.78 is 12.4. The molecule has 1 saturated heterocycles.